The Hall–Kier alpha value is -3.52. The molecule has 1 unspecified atom stereocenters. The molecule has 2 aromatic rings. The van der Waals surface area contributed by atoms with Gasteiger partial charge in [0.25, 0.3) is 11.7 Å². The Labute approximate surface area is 205 Å². The number of aliphatic hydroxyl groups excluding tert-OH is 1. The standard InChI is InChI=1S/C27H32N2O6/c1-4-5-14-33-20-9-6-18(7-10-20)24-23(26(31)27(32)29(24)13-12-28(2)3)25(30)19-8-11-21-22(17-19)35-16-15-34-21/h6-11,17,24,30H,4-5,12-16H2,1-3H3. The van der Waals surface area contributed by atoms with E-state index in [4.69, 9.17) is 14.2 Å². The van der Waals surface area contributed by atoms with Gasteiger partial charge in [0.1, 0.15) is 24.7 Å². The van der Waals surface area contributed by atoms with Gasteiger partial charge in [-0.2, -0.15) is 0 Å². The van der Waals surface area contributed by atoms with E-state index in [0.717, 1.165) is 24.2 Å². The summed E-state index contributed by atoms with van der Waals surface area (Å²) in [5.41, 5.74) is 1.18. The van der Waals surface area contributed by atoms with E-state index in [1.807, 2.05) is 43.3 Å². The van der Waals surface area contributed by atoms with Crippen molar-refractivity contribution in [2.24, 2.45) is 0 Å². The molecule has 1 amide bonds. The average Bonchev–Trinajstić information content (AvgIpc) is 3.12. The van der Waals surface area contributed by atoms with Crippen LogP contribution in [-0.4, -0.2) is 73.6 Å². The van der Waals surface area contributed by atoms with Gasteiger partial charge >= 0.3 is 0 Å². The molecule has 1 N–H and O–H groups in total. The number of hydrogen-bond acceptors (Lipinski definition) is 7. The monoisotopic (exact) mass is 480 g/mol. The second-order valence-corrected chi connectivity index (χ2v) is 8.93. The number of nitrogens with zero attached hydrogens (tertiary/aromatic N) is 2. The molecule has 0 spiro atoms. The molecule has 1 atom stereocenters. The lowest BCUT2D eigenvalue weighted by Crippen LogP contribution is -2.35. The van der Waals surface area contributed by atoms with E-state index in [9.17, 15) is 14.7 Å². The Morgan fingerprint density at radius 3 is 2.49 bits per heavy atom. The first-order valence-corrected chi connectivity index (χ1v) is 12.0. The Kier molecular flexibility index (Phi) is 7.60. The van der Waals surface area contributed by atoms with Crippen LogP contribution in [0.2, 0.25) is 0 Å². The summed E-state index contributed by atoms with van der Waals surface area (Å²) in [7, 11) is 3.81. The lowest BCUT2D eigenvalue weighted by atomic mass is 9.95. The molecule has 0 aliphatic carbocycles. The summed E-state index contributed by atoms with van der Waals surface area (Å²) < 4.78 is 17.0. The van der Waals surface area contributed by atoms with Crippen LogP contribution in [0.4, 0.5) is 0 Å². The fraction of sp³-hybridized carbons (Fsp3) is 0.407. The molecular formula is C27H32N2O6. The highest BCUT2D eigenvalue weighted by Crippen LogP contribution is 2.41. The second-order valence-electron chi connectivity index (χ2n) is 8.93. The predicted molar refractivity (Wildman–Crippen MR) is 132 cm³/mol. The number of ether oxygens (including phenoxy) is 3. The van der Waals surface area contributed by atoms with Crippen molar-refractivity contribution in [3.63, 3.8) is 0 Å². The zero-order valence-corrected chi connectivity index (χ0v) is 20.5. The largest absolute Gasteiger partial charge is 0.507 e. The fourth-order valence-electron chi connectivity index (χ4n) is 4.19. The van der Waals surface area contributed by atoms with Crippen molar-refractivity contribution >= 4 is 17.4 Å². The van der Waals surface area contributed by atoms with Crippen LogP contribution in [0.3, 0.4) is 0 Å². The van der Waals surface area contributed by atoms with Gasteiger partial charge in [-0.05, 0) is 56.4 Å². The van der Waals surface area contributed by atoms with Gasteiger partial charge in [0, 0.05) is 18.7 Å². The van der Waals surface area contributed by atoms with Gasteiger partial charge in [0.2, 0.25) is 0 Å². The highest BCUT2D eigenvalue weighted by Gasteiger charge is 2.46. The Morgan fingerprint density at radius 1 is 1.09 bits per heavy atom. The zero-order valence-electron chi connectivity index (χ0n) is 20.5. The maximum absolute atomic E-state index is 13.2. The van der Waals surface area contributed by atoms with Gasteiger partial charge in [-0.3, -0.25) is 9.59 Å². The van der Waals surface area contributed by atoms with E-state index in [1.165, 1.54) is 4.90 Å². The van der Waals surface area contributed by atoms with Crippen LogP contribution >= 0.6 is 0 Å². The van der Waals surface area contributed by atoms with Crippen molar-refractivity contribution in [2.75, 3.05) is 47.0 Å². The number of hydrogen-bond donors (Lipinski definition) is 1. The average molecular weight is 481 g/mol. The number of aliphatic hydroxyl groups is 1. The number of rotatable bonds is 9. The van der Waals surface area contributed by atoms with Crippen LogP contribution in [0, 0.1) is 0 Å². The van der Waals surface area contributed by atoms with Crippen LogP contribution in [0.15, 0.2) is 48.0 Å². The summed E-state index contributed by atoms with van der Waals surface area (Å²) in [6.45, 7) is 4.50. The quantitative estimate of drug-likeness (QED) is 0.254. The molecule has 1 saturated heterocycles. The first-order chi connectivity index (χ1) is 16.9. The number of carbonyl (C=O) groups is 2. The maximum atomic E-state index is 13.2. The molecule has 1 fully saturated rings. The van der Waals surface area contributed by atoms with E-state index >= 15 is 0 Å². The number of unbranched alkanes of at least 4 members (excludes halogenated alkanes) is 1. The van der Waals surface area contributed by atoms with E-state index in [1.54, 1.807) is 18.2 Å². The number of likely N-dealkylation sites (N-methyl/N-ethyl adjacent to an activating group) is 1. The molecule has 2 heterocycles. The molecule has 8 nitrogen and oxygen atoms in total. The number of benzene rings is 2. The summed E-state index contributed by atoms with van der Waals surface area (Å²) in [4.78, 5) is 29.7. The fourth-order valence-corrected chi connectivity index (χ4v) is 4.19. The Bertz CT molecular complexity index is 1110. The number of ketones is 1. The Balaban J connectivity index is 1.73. The van der Waals surface area contributed by atoms with Crippen LogP contribution in [-0.2, 0) is 9.59 Å². The summed E-state index contributed by atoms with van der Waals surface area (Å²) in [5, 5.41) is 11.3. The van der Waals surface area contributed by atoms with E-state index < -0.39 is 17.7 Å². The molecule has 0 saturated carbocycles. The third kappa shape index (κ3) is 5.27. The van der Waals surface area contributed by atoms with Crippen LogP contribution < -0.4 is 14.2 Å². The highest BCUT2D eigenvalue weighted by atomic mass is 16.6. The van der Waals surface area contributed by atoms with Gasteiger partial charge in [-0.25, -0.2) is 0 Å². The molecule has 186 valence electrons. The van der Waals surface area contributed by atoms with Crippen LogP contribution in [0.1, 0.15) is 36.9 Å². The summed E-state index contributed by atoms with van der Waals surface area (Å²) in [6.07, 6.45) is 2.00. The first kappa shape index (κ1) is 24.6. The molecular weight excluding hydrogens is 448 g/mol. The SMILES string of the molecule is CCCCOc1ccc(C2C(=C(O)c3ccc4c(c3)OCCO4)C(=O)C(=O)N2CCN(C)C)cc1. The van der Waals surface area contributed by atoms with E-state index in [2.05, 4.69) is 6.92 Å². The normalized spacial score (nSPS) is 18.9. The molecule has 0 radical (unpaired) electrons. The van der Waals surface area contributed by atoms with Gasteiger partial charge in [0.05, 0.1) is 18.2 Å². The molecule has 2 aliphatic rings. The molecule has 0 aromatic heterocycles. The van der Waals surface area contributed by atoms with Crippen molar-refractivity contribution in [3.05, 3.63) is 59.2 Å². The number of Topliss-reactive ketones (excluding diaryl/α,β-unsaturated/α-hetero) is 1. The van der Waals surface area contributed by atoms with Gasteiger partial charge in [0.15, 0.2) is 11.5 Å². The molecule has 4 rings (SSSR count). The minimum absolute atomic E-state index is 0.0603. The number of likely N-dealkylation sites (tertiary alicyclic amines) is 1. The maximum Gasteiger partial charge on any atom is 0.295 e. The smallest absolute Gasteiger partial charge is 0.295 e. The summed E-state index contributed by atoms with van der Waals surface area (Å²) >= 11 is 0. The van der Waals surface area contributed by atoms with Crippen LogP contribution in [0.25, 0.3) is 5.76 Å². The zero-order chi connectivity index (χ0) is 24.9. The molecule has 2 aliphatic heterocycles. The van der Waals surface area contributed by atoms with Crippen molar-refractivity contribution in [1.82, 2.24) is 9.80 Å². The van der Waals surface area contributed by atoms with E-state index in [0.29, 0.717) is 50.0 Å². The predicted octanol–water partition coefficient (Wildman–Crippen LogP) is 3.62. The lowest BCUT2D eigenvalue weighted by Gasteiger charge is -2.27. The summed E-state index contributed by atoms with van der Waals surface area (Å²) in [5.74, 6) is 0.227. The number of carbonyl (C=O) groups excluding carboxylic acids is 2. The van der Waals surface area contributed by atoms with Crippen molar-refractivity contribution < 1.29 is 28.9 Å². The molecule has 2 aromatic carbocycles. The van der Waals surface area contributed by atoms with Crippen LogP contribution in [0.5, 0.6) is 17.2 Å². The Morgan fingerprint density at radius 2 is 1.80 bits per heavy atom. The molecule has 8 heteroatoms. The number of amides is 1. The lowest BCUT2D eigenvalue weighted by molar-refractivity contribution is -0.140. The van der Waals surface area contributed by atoms with Gasteiger partial charge in [-0.1, -0.05) is 25.5 Å². The van der Waals surface area contributed by atoms with Crippen molar-refractivity contribution in [3.8, 4) is 17.2 Å². The van der Waals surface area contributed by atoms with E-state index in [-0.39, 0.29) is 11.3 Å². The van der Waals surface area contributed by atoms with Crippen molar-refractivity contribution in [2.45, 2.75) is 25.8 Å². The molecule has 0 bridgehead atoms. The third-order valence-electron chi connectivity index (χ3n) is 6.11. The molecule has 35 heavy (non-hydrogen) atoms. The van der Waals surface area contributed by atoms with Gasteiger partial charge < -0.3 is 29.1 Å². The van der Waals surface area contributed by atoms with Gasteiger partial charge in [-0.15, -0.1) is 0 Å². The van der Waals surface area contributed by atoms with Crippen molar-refractivity contribution in [1.29, 1.82) is 0 Å². The summed E-state index contributed by atoms with van der Waals surface area (Å²) in [6, 6.07) is 11.6. The first-order valence-electron chi connectivity index (χ1n) is 12.0. The minimum atomic E-state index is -0.715. The minimum Gasteiger partial charge on any atom is -0.507 e. The highest BCUT2D eigenvalue weighted by molar-refractivity contribution is 6.46. The topological polar surface area (TPSA) is 88.5 Å². The number of fused-ring (bicyclic) bond motifs is 1. The third-order valence-corrected chi connectivity index (χ3v) is 6.11. The second kappa shape index (κ2) is 10.8.